The van der Waals surface area contributed by atoms with Crippen molar-refractivity contribution in [2.24, 2.45) is 0 Å². The second-order valence-corrected chi connectivity index (χ2v) is 8.69. The van der Waals surface area contributed by atoms with Crippen LogP contribution in [0.15, 0.2) is 50.5 Å². The van der Waals surface area contributed by atoms with E-state index >= 15 is 0 Å². The van der Waals surface area contributed by atoms with Crippen LogP contribution in [0, 0.1) is 0 Å². The lowest BCUT2D eigenvalue weighted by Crippen LogP contribution is -2.48. The van der Waals surface area contributed by atoms with Crippen LogP contribution >= 0.6 is 27.3 Å². The first-order valence-electron chi connectivity index (χ1n) is 6.62. The summed E-state index contributed by atoms with van der Waals surface area (Å²) in [7, 11) is -3.38. The lowest BCUT2D eigenvalue weighted by Gasteiger charge is -2.35. The number of hydrogen-bond acceptors (Lipinski definition) is 4. The van der Waals surface area contributed by atoms with Crippen LogP contribution in [-0.4, -0.2) is 38.9 Å². The van der Waals surface area contributed by atoms with Crippen molar-refractivity contribution in [1.29, 1.82) is 0 Å². The predicted molar refractivity (Wildman–Crippen MR) is 89.4 cm³/mol. The number of anilines is 1. The van der Waals surface area contributed by atoms with E-state index in [2.05, 4.69) is 33.0 Å². The number of nitrogens with zero attached hydrogens (tertiary/aromatic N) is 2. The van der Waals surface area contributed by atoms with Gasteiger partial charge >= 0.3 is 0 Å². The van der Waals surface area contributed by atoms with E-state index in [1.54, 1.807) is 15.8 Å². The summed E-state index contributed by atoms with van der Waals surface area (Å²) in [6.45, 7) is 2.46. The van der Waals surface area contributed by atoms with Gasteiger partial charge in [-0.2, -0.15) is 4.31 Å². The minimum atomic E-state index is -3.38. The van der Waals surface area contributed by atoms with E-state index in [1.807, 2.05) is 18.2 Å². The molecule has 0 saturated carbocycles. The Hall–Kier alpha value is -0.890. The fourth-order valence-corrected chi connectivity index (χ4v) is 6.28. The lowest BCUT2D eigenvalue weighted by atomic mass is 10.2. The van der Waals surface area contributed by atoms with Gasteiger partial charge in [0.05, 0.1) is 0 Å². The maximum Gasteiger partial charge on any atom is 0.253 e. The summed E-state index contributed by atoms with van der Waals surface area (Å²) in [6.07, 6.45) is 0. The van der Waals surface area contributed by atoms with Crippen LogP contribution in [0.3, 0.4) is 0 Å². The fourth-order valence-electron chi connectivity index (χ4n) is 2.41. The predicted octanol–water partition coefficient (Wildman–Crippen LogP) is 3.02. The molecule has 0 atom stereocenters. The zero-order valence-corrected chi connectivity index (χ0v) is 14.5. The highest BCUT2D eigenvalue weighted by Crippen LogP contribution is 2.31. The Morgan fingerprint density at radius 1 is 1.00 bits per heavy atom. The molecule has 0 amide bonds. The first-order chi connectivity index (χ1) is 10.1. The second kappa shape index (κ2) is 6.08. The number of benzene rings is 1. The summed E-state index contributed by atoms with van der Waals surface area (Å²) in [5.41, 5.74) is 1.15. The standard InChI is InChI=1S/C14H15BrN2O2S2/c15-13-6-11-20-14(13)21(18,19)17-9-7-16(8-10-17)12-4-2-1-3-5-12/h1-6,11H,7-10H2. The monoisotopic (exact) mass is 386 g/mol. The van der Waals surface area contributed by atoms with Gasteiger partial charge in [0.25, 0.3) is 10.0 Å². The average Bonchev–Trinajstić information content (AvgIpc) is 2.95. The molecule has 0 spiro atoms. The Morgan fingerprint density at radius 2 is 1.67 bits per heavy atom. The van der Waals surface area contributed by atoms with Gasteiger partial charge in [0.2, 0.25) is 0 Å². The van der Waals surface area contributed by atoms with Crippen LogP contribution in [0.25, 0.3) is 0 Å². The van der Waals surface area contributed by atoms with Gasteiger partial charge in [0.15, 0.2) is 0 Å². The van der Waals surface area contributed by atoms with E-state index in [0.717, 1.165) is 5.69 Å². The van der Waals surface area contributed by atoms with Gasteiger partial charge in [0, 0.05) is 36.3 Å². The summed E-state index contributed by atoms with van der Waals surface area (Å²) in [5.74, 6) is 0. The van der Waals surface area contributed by atoms with Crippen LogP contribution in [0.1, 0.15) is 0 Å². The molecule has 0 radical (unpaired) electrons. The zero-order chi connectivity index (χ0) is 14.9. The number of piperazine rings is 1. The van der Waals surface area contributed by atoms with E-state index in [4.69, 9.17) is 0 Å². The molecule has 3 rings (SSSR count). The SMILES string of the molecule is O=S(=O)(c1sccc1Br)N1CCN(c2ccccc2)CC1. The molecule has 1 fully saturated rings. The Bertz CT molecular complexity index is 708. The van der Waals surface area contributed by atoms with Gasteiger partial charge in [-0.25, -0.2) is 8.42 Å². The van der Waals surface area contributed by atoms with Gasteiger partial charge in [-0.3, -0.25) is 0 Å². The molecule has 1 aliphatic rings. The van der Waals surface area contributed by atoms with Crippen molar-refractivity contribution in [1.82, 2.24) is 4.31 Å². The topological polar surface area (TPSA) is 40.6 Å². The Balaban J connectivity index is 1.73. The molecule has 0 aliphatic carbocycles. The highest BCUT2D eigenvalue weighted by molar-refractivity contribution is 9.10. The van der Waals surface area contributed by atoms with Crippen molar-refractivity contribution in [3.63, 3.8) is 0 Å². The number of hydrogen-bond donors (Lipinski definition) is 0. The number of sulfonamides is 1. The number of halogens is 1. The maximum absolute atomic E-state index is 12.6. The molecular weight excluding hydrogens is 372 g/mol. The second-order valence-electron chi connectivity index (χ2n) is 4.78. The molecule has 21 heavy (non-hydrogen) atoms. The summed E-state index contributed by atoms with van der Waals surface area (Å²) >= 11 is 4.57. The minimum Gasteiger partial charge on any atom is -0.369 e. The molecule has 0 unspecified atom stereocenters. The number of para-hydroxylation sites is 1. The quantitative estimate of drug-likeness (QED) is 0.813. The summed E-state index contributed by atoms with van der Waals surface area (Å²) in [4.78, 5) is 2.22. The van der Waals surface area contributed by atoms with Crippen molar-refractivity contribution in [2.45, 2.75) is 4.21 Å². The first-order valence-corrected chi connectivity index (χ1v) is 9.73. The van der Waals surface area contributed by atoms with E-state index in [-0.39, 0.29) is 0 Å². The van der Waals surface area contributed by atoms with Crippen molar-refractivity contribution in [2.75, 3.05) is 31.1 Å². The van der Waals surface area contributed by atoms with Gasteiger partial charge in [-0.1, -0.05) is 18.2 Å². The van der Waals surface area contributed by atoms with Crippen LogP contribution in [-0.2, 0) is 10.0 Å². The molecule has 2 aromatic rings. The summed E-state index contributed by atoms with van der Waals surface area (Å²) < 4.78 is 27.8. The van der Waals surface area contributed by atoms with Gasteiger partial charge < -0.3 is 4.90 Å². The molecule has 0 bridgehead atoms. The van der Waals surface area contributed by atoms with Gasteiger partial charge in [-0.05, 0) is 39.5 Å². The lowest BCUT2D eigenvalue weighted by molar-refractivity contribution is 0.385. The molecule has 1 aromatic heterocycles. The average molecular weight is 387 g/mol. The molecule has 0 N–H and O–H groups in total. The van der Waals surface area contributed by atoms with Crippen molar-refractivity contribution < 1.29 is 8.42 Å². The Kier molecular flexibility index (Phi) is 4.35. The van der Waals surface area contributed by atoms with E-state index in [1.165, 1.54) is 11.3 Å². The smallest absolute Gasteiger partial charge is 0.253 e. The van der Waals surface area contributed by atoms with Crippen molar-refractivity contribution in [3.05, 3.63) is 46.3 Å². The van der Waals surface area contributed by atoms with Crippen LogP contribution in [0.4, 0.5) is 5.69 Å². The van der Waals surface area contributed by atoms with Crippen LogP contribution < -0.4 is 4.90 Å². The van der Waals surface area contributed by atoms with Crippen molar-refractivity contribution in [3.8, 4) is 0 Å². The molecule has 1 aromatic carbocycles. The van der Waals surface area contributed by atoms with E-state index in [9.17, 15) is 8.42 Å². The highest BCUT2D eigenvalue weighted by atomic mass is 79.9. The highest BCUT2D eigenvalue weighted by Gasteiger charge is 2.30. The van der Waals surface area contributed by atoms with Crippen LogP contribution in [0.5, 0.6) is 0 Å². The number of thiophene rings is 1. The van der Waals surface area contributed by atoms with E-state index < -0.39 is 10.0 Å². The minimum absolute atomic E-state index is 0.399. The Labute approximate surface area is 137 Å². The molecule has 112 valence electrons. The molecule has 2 heterocycles. The third kappa shape index (κ3) is 3.01. The van der Waals surface area contributed by atoms with Crippen molar-refractivity contribution >= 4 is 43.0 Å². The molecular formula is C14H15BrN2O2S2. The van der Waals surface area contributed by atoms with Crippen LogP contribution in [0.2, 0.25) is 0 Å². The van der Waals surface area contributed by atoms with Gasteiger partial charge in [-0.15, -0.1) is 11.3 Å². The molecule has 1 aliphatic heterocycles. The molecule has 1 saturated heterocycles. The molecule has 4 nitrogen and oxygen atoms in total. The normalized spacial score (nSPS) is 17.1. The third-order valence-electron chi connectivity index (χ3n) is 3.52. The summed E-state index contributed by atoms with van der Waals surface area (Å²) in [5, 5.41) is 1.79. The molecule has 7 heteroatoms. The Morgan fingerprint density at radius 3 is 2.24 bits per heavy atom. The third-order valence-corrected chi connectivity index (χ3v) is 8.06. The van der Waals surface area contributed by atoms with Gasteiger partial charge in [0.1, 0.15) is 4.21 Å². The fraction of sp³-hybridized carbons (Fsp3) is 0.286. The summed E-state index contributed by atoms with van der Waals surface area (Å²) in [6, 6.07) is 11.9. The van der Waals surface area contributed by atoms with E-state index in [0.29, 0.717) is 34.9 Å². The number of rotatable bonds is 3. The zero-order valence-electron chi connectivity index (χ0n) is 11.3. The maximum atomic E-state index is 12.6. The first kappa shape index (κ1) is 15.0. The largest absolute Gasteiger partial charge is 0.369 e.